The van der Waals surface area contributed by atoms with Crippen LogP contribution < -0.4 is 0 Å². The molecule has 0 radical (unpaired) electrons. The van der Waals surface area contributed by atoms with Gasteiger partial charge in [0, 0.05) is 25.1 Å². The van der Waals surface area contributed by atoms with Gasteiger partial charge in [-0.2, -0.15) is 0 Å². The largest absolute Gasteiger partial charge is 0.388 e. The van der Waals surface area contributed by atoms with E-state index in [2.05, 4.69) is 4.90 Å². The summed E-state index contributed by atoms with van der Waals surface area (Å²) in [6.45, 7) is 3.92. The molecule has 3 unspecified atom stereocenters. The van der Waals surface area contributed by atoms with Crippen molar-refractivity contribution in [3.8, 4) is 0 Å². The molecule has 0 spiro atoms. The second-order valence-electron chi connectivity index (χ2n) is 5.00. The average molecular weight is 197 g/mol. The fraction of sp³-hybridized carbons (Fsp3) is 1.00. The molecule has 3 aliphatic heterocycles. The molecule has 14 heavy (non-hydrogen) atoms. The van der Waals surface area contributed by atoms with Gasteiger partial charge < -0.3 is 9.84 Å². The second kappa shape index (κ2) is 3.19. The lowest BCUT2D eigenvalue weighted by molar-refractivity contribution is -0.0419. The van der Waals surface area contributed by atoms with Crippen LogP contribution in [-0.4, -0.2) is 48.0 Å². The SMILES string of the molecule is OC1(C2CCOC2)CCN2CCCC21. The molecule has 1 N–H and O–H groups in total. The van der Waals surface area contributed by atoms with E-state index < -0.39 is 5.60 Å². The minimum absolute atomic E-state index is 0.399. The Morgan fingerprint density at radius 2 is 2.21 bits per heavy atom. The molecule has 3 rings (SSSR count). The van der Waals surface area contributed by atoms with Crippen molar-refractivity contribution >= 4 is 0 Å². The quantitative estimate of drug-likeness (QED) is 0.669. The summed E-state index contributed by atoms with van der Waals surface area (Å²) >= 11 is 0. The van der Waals surface area contributed by atoms with Crippen LogP contribution >= 0.6 is 0 Å². The van der Waals surface area contributed by atoms with Crippen LogP contribution in [0.5, 0.6) is 0 Å². The Morgan fingerprint density at radius 1 is 1.29 bits per heavy atom. The highest BCUT2D eigenvalue weighted by Gasteiger charge is 2.52. The first-order chi connectivity index (χ1) is 6.81. The second-order valence-corrected chi connectivity index (χ2v) is 5.00. The van der Waals surface area contributed by atoms with Crippen LogP contribution in [0.3, 0.4) is 0 Å². The van der Waals surface area contributed by atoms with Crippen molar-refractivity contribution in [2.45, 2.75) is 37.3 Å². The Hall–Kier alpha value is -0.120. The number of hydrogen-bond donors (Lipinski definition) is 1. The molecule has 0 aromatic rings. The molecule has 0 saturated carbocycles. The zero-order chi connectivity index (χ0) is 9.60. The molecule has 0 aromatic heterocycles. The fourth-order valence-corrected chi connectivity index (χ4v) is 3.55. The van der Waals surface area contributed by atoms with Crippen molar-refractivity contribution in [2.75, 3.05) is 26.3 Å². The maximum absolute atomic E-state index is 10.7. The third-order valence-corrected chi connectivity index (χ3v) is 4.38. The predicted molar refractivity (Wildman–Crippen MR) is 53.1 cm³/mol. The fourth-order valence-electron chi connectivity index (χ4n) is 3.55. The molecular weight excluding hydrogens is 178 g/mol. The highest BCUT2D eigenvalue weighted by molar-refractivity contribution is 5.06. The first-order valence-electron chi connectivity index (χ1n) is 5.85. The van der Waals surface area contributed by atoms with E-state index in [9.17, 15) is 5.11 Å². The van der Waals surface area contributed by atoms with E-state index in [4.69, 9.17) is 4.74 Å². The summed E-state index contributed by atoms with van der Waals surface area (Å²) in [4.78, 5) is 2.47. The number of rotatable bonds is 1. The summed E-state index contributed by atoms with van der Waals surface area (Å²) < 4.78 is 5.40. The molecule has 3 aliphatic rings. The van der Waals surface area contributed by atoms with Gasteiger partial charge in [0.05, 0.1) is 12.2 Å². The van der Waals surface area contributed by atoms with E-state index in [0.29, 0.717) is 12.0 Å². The molecule has 80 valence electrons. The number of nitrogens with zero attached hydrogens (tertiary/aromatic N) is 1. The summed E-state index contributed by atoms with van der Waals surface area (Å²) in [5, 5.41) is 10.7. The monoisotopic (exact) mass is 197 g/mol. The number of hydrogen-bond acceptors (Lipinski definition) is 3. The van der Waals surface area contributed by atoms with Crippen molar-refractivity contribution in [2.24, 2.45) is 5.92 Å². The zero-order valence-electron chi connectivity index (χ0n) is 8.61. The summed E-state index contributed by atoms with van der Waals surface area (Å²) in [7, 11) is 0. The maximum atomic E-state index is 10.7. The van der Waals surface area contributed by atoms with Gasteiger partial charge in [-0.15, -0.1) is 0 Å². The molecule has 3 atom stereocenters. The van der Waals surface area contributed by atoms with Gasteiger partial charge in [-0.1, -0.05) is 0 Å². The molecule has 3 saturated heterocycles. The Kier molecular flexibility index (Phi) is 2.08. The van der Waals surface area contributed by atoms with Crippen LogP contribution in [0.25, 0.3) is 0 Å². The van der Waals surface area contributed by atoms with Gasteiger partial charge in [-0.25, -0.2) is 0 Å². The lowest BCUT2D eigenvalue weighted by Gasteiger charge is -2.34. The normalized spacial score (nSPS) is 48.6. The van der Waals surface area contributed by atoms with Gasteiger partial charge in [0.15, 0.2) is 0 Å². The number of fused-ring (bicyclic) bond motifs is 1. The summed E-state index contributed by atoms with van der Waals surface area (Å²) in [5.41, 5.74) is -0.424. The lowest BCUT2D eigenvalue weighted by Crippen LogP contribution is -2.47. The Labute approximate surface area is 85.0 Å². The third kappa shape index (κ3) is 1.16. The molecule has 0 bridgehead atoms. The van der Waals surface area contributed by atoms with Crippen molar-refractivity contribution in [1.82, 2.24) is 4.90 Å². The molecule has 3 heteroatoms. The molecule has 3 heterocycles. The molecular formula is C11H19NO2. The molecule has 0 amide bonds. The zero-order valence-corrected chi connectivity index (χ0v) is 8.61. The van der Waals surface area contributed by atoms with E-state index in [1.54, 1.807) is 0 Å². The summed E-state index contributed by atoms with van der Waals surface area (Å²) in [6, 6.07) is 0.439. The van der Waals surface area contributed by atoms with E-state index >= 15 is 0 Å². The van der Waals surface area contributed by atoms with Gasteiger partial charge in [0.25, 0.3) is 0 Å². The van der Waals surface area contributed by atoms with Gasteiger partial charge in [-0.3, -0.25) is 4.90 Å². The van der Waals surface area contributed by atoms with Gasteiger partial charge in [-0.05, 0) is 32.2 Å². The third-order valence-electron chi connectivity index (χ3n) is 4.38. The Bertz CT molecular complexity index is 227. The maximum Gasteiger partial charge on any atom is 0.0865 e. The van der Waals surface area contributed by atoms with Crippen molar-refractivity contribution in [3.05, 3.63) is 0 Å². The molecule has 3 nitrogen and oxygen atoms in total. The molecule has 0 aliphatic carbocycles. The van der Waals surface area contributed by atoms with Crippen molar-refractivity contribution in [3.63, 3.8) is 0 Å². The van der Waals surface area contributed by atoms with Crippen LogP contribution in [0.1, 0.15) is 25.7 Å². The van der Waals surface area contributed by atoms with Crippen LogP contribution in [0.15, 0.2) is 0 Å². The van der Waals surface area contributed by atoms with E-state index in [1.807, 2.05) is 0 Å². The smallest absolute Gasteiger partial charge is 0.0865 e. The summed E-state index contributed by atoms with van der Waals surface area (Å²) in [5.74, 6) is 0.399. The predicted octanol–water partition coefficient (Wildman–Crippen LogP) is 0.622. The van der Waals surface area contributed by atoms with E-state index in [-0.39, 0.29) is 0 Å². The lowest BCUT2D eigenvalue weighted by atomic mass is 9.80. The number of ether oxygens (including phenoxy) is 1. The van der Waals surface area contributed by atoms with E-state index in [1.165, 1.54) is 19.4 Å². The van der Waals surface area contributed by atoms with Crippen molar-refractivity contribution < 1.29 is 9.84 Å². The van der Waals surface area contributed by atoms with Crippen molar-refractivity contribution in [1.29, 1.82) is 0 Å². The average Bonchev–Trinajstić information content (AvgIpc) is 2.84. The van der Waals surface area contributed by atoms with Crippen LogP contribution in [-0.2, 0) is 4.74 Å². The minimum Gasteiger partial charge on any atom is -0.388 e. The van der Waals surface area contributed by atoms with Crippen LogP contribution in [0, 0.1) is 5.92 Å². The van der Waals surface area contributed by atoms with Gasteiger partial charge in [0.1, 0.15) is 0 Å². The first-order valence-corrected chi connectivity index (χ1v) is 5.85. The van der Waals surface area contributed by atoms with Crippen LogP contribution in [0.4, 0.5) is 0 Å². The number of aliphatic hydroxyl groups is 1. The molecule has 3 fully saturated rings. The Morgan fingerprint density at radius 3 is 3.00 bits per heavy atom. The van der Waals surface area contributed by atoms with Crippen LogP contribution in [0.2, 0.25) is 0 Å². The highest BCUT2D eigenvalue weighted by atomic mass is 16.5. The topological polar surface area (TPSA) is 32.7 Å². The Balaban J connectivity index is 1.81. The highest BCUT2D eigenvalue weighted by Crippen LogP contribution is 2.43. The molecule has 0 aromatic carbocycles. The standard InChI is InChI=1S/C11H19NO2/c13-11(9-3-7-14-8-9)4-6-12-5-1-2-10(11)12/h9-10,13H,1-8H2. The van der Waals surface area contributed by atoms with Gasteiger partial charge in [0.2, 0.25) is 0 Å². The van der Waals surface area contributed by atoms with E-state index in [0.717, 1.165) is 32.6 Å². The minimum atomic E-state index is -0.424. The summed E-state index contributed by atoms with van der Waals surface area (Å²) in [6.07, 6.45) is 4.47. The first kappa shape index (κ1) is 9.13. The van der Waals surface area contributed by atoms with Gasteiger partial charge >= 0.3 is 0 Å².